The van der Waals surface area contributed by atoms with Crippen LogP contribution in [0.2, 0.25) is 0 Å². The van der Waals surface area contributed by atoms with E-state index in [0.29, 0.717) is 24.7 Å². The molecule has 1 aliphatic rings. The average molecular weight is 340 g/mol. The lowest BCUT2D eigenvalue weighted by Crippen LogP contribution is -2.31. The molecule has 1 amide bonds. The highest BCUT2D eigenvalue weighted by Crippen LogP contribution is 2.23. The number of methoxy groups -OCH3 is 1. The van der Waals surface area contributed by atoms with Gasteiger partial charge in [0, 0.05) is 43.2 Å². The van der Waals surface area contributed by atoms with Crippen LogP contribution in [0, 0.1) is 0 Å². The summed E-state index contributed by atoms with van der Waals surface area (Å²) in [4.78, 5) is 32.4. The number of nitrogens with zero attached hydrogens (tertiary/aromatic N) is 2. The van der Waals surface area contributed by atoms with Crippen molar-refractivity contribution in [2.75, 3.05) is 25.5 Å². The molecular formula is C18H20N4O3. The first kappa shape index (κ1) is 16.8. The minimum atomic E-state index is -0.196. The summed E-state index contributed by atoms with van der Waals surface area (Å²) in [7, 11) is 1.56. The van der Waals surface area contributed by atoms with Crippen molar-refractivity contribution in [2.24, 2.45) is 0 Å². The van der Waals surface area contributed by atoms with Gasteiger partial charge >= 0.3 is 0 Å². The smallest absolute Gasteiger partial charge is 0.271 e. The maximum Gasteiger partial charge on any atom is 0.271 e. The van der Waals surface area contributed by atoms with Crippen LogP contribution in [0.3, 0.4) is 0 Å². The number of rotatable bonds is 5. The topological polar surface area (TPSA) is 87.3 Å². The molecule has 0 aliphatic carbocycles. The molecule has 0 bridgehead atoms. The van der Waals surface area contributed by atoms with Crippen molar-refractivity contribution in [2.45, 2.75) is 12.5 Å². The number of hydrogen-bond acceptors (Lipinski definition) is 5. The van der Waals surface area contributed by atoms with Crippen molar-refractivity contribution in [3.63, 3.8) is 0 Å². The fourth-order valence-electron chi connectivity index (χ4n) is 2.89. The fraction of sp³-hybridized carbons (Fsp3) is 0.278. The Labute approximate surface area is 145 Å². The molecule has 2 N–H and O–H groups in total. The van der Waals surface area contributed by atoms with Gasteiger partial charge < -0.3 is 19.9 Å². The third-order valence-electron chi connectivity index (χ3n) is 4.21. The van der Waals surface area contributed by atoms with Gasteiger partial charge in [0.15, 0.2) is 0 Å². The first-order chi connectivity index (χ1) is 12.1. The Bertz CT molecular complexity index is 846. The summed E-state index contributed by atoms with van der Waals surface area (Å²) in [5.74, 6) is 0.420. The molecule has 1 saturated heterocycles. The molecule has 7 heteroatoms. The number of nitrogens with one attached hydrogen (secondary N) is 2. The molecule has 3 rings (SSSR count). The van der Waals surface area contributed by atoms with Gasteiger partial charge in [-0.2, -0.15) is 0 Å². The van der Waals surface area contributed by atoms with Crippen LogP contribution in [0.25, 0.3) is 11.1 Å². The van der Waals surface area contributed by atoms with Gasteiger partial charge in [0.05, 0.1) is 7.11 Å². The number of amides is 1. The number of carbonyl (C=O) groups excluding carboxylic acids is 1. The van der Waals surface area contributed by atoms with E-state index in [-0.39, 0.29) is 17.5 Å². The van der Waals surface area contributed by atoms with Crippen molar-refractivity contribution < 1.29 is 9.53 Å². The summed E-state index contributed by atoms with van der Waals surface area (Å²) in [6.45, 7) is 4.71. The number of anilines is 1. The molecule has 0 radical (unpaired) electrons. The highest BCUT2D eigenvalue weighted by molar-refractivity contribution is 5.87. The molecule has 2 aromatic heterocycles. The fourth-order valence-corrected chi connectivity index (χ4v) is 2.89. The minimum Gasteiger partial charge on any atom is -0.481 e. The number of pyridine rings is 2. The highest BCUT2D eigenvalue weighted by Gasteiger charge is 2.25. The third-order valence-corrected chi connectivity index (χ3v) is 4.21. The molecule has 0 aromatic carbocycles. The number of carbonyl (C=O) groups is 1. The van der Waals surface area contributed by atoms with Gasteiger partial charge in [0.1, 0.15) is 5.69 Å². The van der Waals surface area contributed by atoms with Crippen LogP contribution in [0.4, 0.5) is 5.69 Å². The highest BCUT2D eigenvalue weighted by atomic mass is 16.5. The first-order valence-electron chi connectivity index (χ1n) is 8.01. The van der Waals surface area contributed by atoms with Crippen LogP contribution < -0.4 is 15.6 Å². The van der Waals surface area contributed by atoms with Crippen LogP contribution in [0.5, 0.6) is 5.88 Å². The Hall–Kier alpha value is -3.09. The zero-order valence-corrected chi connectivity index (χ0v) is 14.0. The second-order valence-corrected chi connectivity index (χ2v) is 5.84. The van der Waals surface area contributed by atoms with Crippen molar-refractivity contribution in [3.8, 4) is 17.0 Å². The number of ether oxygens (including phenoxy) is 1. The first-order valence-corrected chi connectivity index (χ1v) is 8.01. The van der Waals surface area contributed by atoms with E-state index in [9.17, 15) is 9.59 Å². The molecule has 130 valence electrons. The summed E-state index contributed by atoms with van der Waals surface area (Å²) in [6.07, 6.45) is 5.41. The average Bonchev–Trinajstić information content (AvgIpc) is 3.11. The number of likely N-dealkylation sites (tertiary alicyclic amines) is 1. The molecule has 2 aromatic rings. The summed E-state index contributed by atoms with van der Waals surface area (Å²) >= 11 is 0. The van der Waals surface area contributed by atoms with Gasteiger partial charge in [-0.1, -0.05) is 6.58 Å². The summed E-state index contributed by atoms with van der Waals surface area (Å²) in [5.41, 5.74) is 2.02. The molecule has 1 fully saturated rings. The van der Waals surface area contributed by atoms with Gasteiger partial charge in [0.2, 0.25) is 11.8 Å². The van der Waals surface area contributed by atoms with E-state index in [2.05, 4.69) is 21.9 Å². The lowest BCUT2D eigenvalue weighted by atomic mass is 10.1. The Morgan fingerprint density at radius 3 is 3.08 bits per heavy atom. The van der Waals surface area contributed by atoms with Crippen molar-refractivity contribution >= 4 is 11.6 Å². The van der Waals surface area contributed by atoms with E-state index in [1.54, 1.807) is 36.5 Å². The van der Waals surface area contributed by atoms with Gasteiger partial charge in [-0.15, -0.1) is 0 Å². The minimum absolute atomic E-state index is 0.0345. The summed E-state index contributed by atoms with van der Waals surface area (Å²) in [5, 5.41) is 3.24. The van der Waals surface area contributed by atoms with Gasteiger partial charge in [0.25, 0.3) is 5.56 Å². The van der Waals surface area contributed by atoms with Gasteiger partial charge in [-0.3, -0.25) is 9.59 Å². The van der Waals surface area contributed by atoms with Crippen LogP contribution in [0.15, 0.2) is 48.0 Å². The van der Waals surface area contributed by atoms with Crippen LogP contribution in [-0.4, -0.2) is 47.0 Å². The van der Waals surface area contributed by atoms with E-state index < -0.39 is 0 Å². The Balaban J connectivity index is 1.79. The Morgan fingerprint density at radius 2 is 2.32 bits per heavy atom. The predicted octanol–water partition coefficient (Wildman–Crippen LogP) is 1.64. The molecular weight excluding hydrogens is 320 g/mol. The van der Waals surface area contributed by atoms with E-state index >= 15 is 0 Å². The van der Waals surface area contributed by atoms with Crippen LogP contribution >= 0.6 is 0 Å². The van der Waals surface area contributed by atoms with E-state index in [1.807, 2.05) is 6.07 Å². The lowest BCUT2D eigenvalue weighted by molar-refractivity contribution is -0.125. The molecule has 7 nitrogen and oxygen atoms in total. The van der Waals surface area contributed by atoms with Crippen LogP contribution in [0.1, 0.15) is 6.42 Å². The monoisotopic (exact) mass is 340 g/mol. The molecule has 3 heterocycles. The van der Waals surface area contributed by atoms with E-state index in [0.717, 1.165) is 17.5 Å². The SMILES string of the molecule is C=CC(=O)N1CCC(Nc2cc(-c3ccnc(OC)c3)c[nH]c2=O)C1. The molecule has 0 spiro atoms. The molecule has 1 atom stereocenters. The second-order valence-electron chi connectivity index (χ2n) is 5.84. The number of H-pyrrole nitrogens is 1. The largest absolute Gasteiger partial charge is 0.481 e. The standard InChI is InChI=1S/C18H20N4O3/c1-3-17(23)22-7-5-14(11-22)21-15-8-13(10-20-18(15)24)12-4-6-19-16(9-12)25-2/h3-4,6,8-10,14,21H,1,5,7,11H2,2H3,(H,20,24). The number of aromatic amines is 1. The van der Waals surface area contributed by atoms with Crippen LogP contribution in [-0.2, 0) is 4.79 Å². The second kappa shape index (κ2) is 7.21. The number of aromatic nitrogens is 2. The predicted molar refractivity (Wildman–Crippen MR) is 95.7 cm³/mol. The summed E-state index contributed by atoms with van der Waals surface area (Å²) in [6, 6.07) is 5.48. The quantitative estimate of drug-likeness (QED) is 0.808. The zero-order chi connectivity index (χ0) is 17.8. The zero-order valence-electron chi connectivity index (χ0n) is 14.0. The van der Waals surface area contributed by atoms with Gasteiger partial charge in [-0.25, -0.2) is 4.98 Å². The molecule has 25 heavy (non-hydrogen) atoms. The molecule has 1 unspecified atom stereocenters. The van der Waals surface area contributed by atoms with E-state index in [1.165, 1.54) is 6.08 Å². The third kappa shape index (κ3) is 3.71. The van der Waals surface area contributed by atoms with Crippen molar-refractivity contribution in [3.05, 3.63) is 53.6 Å². The van der Waals surface area contributed by atoms with E-state index in [4.69, 9.17) is 4.74 Å². The number of hydrogen-bond donors (Lipinski definition) is 2. The maximum absolute atomic E-state index is 12.1. The summed E-state index contributed by atoms with van der Waals surface area (Å²) < 4.78 is 5.14. The van der Waals surface area contributed by atoms with Gasteiger partial charge in [-0.05, 0) is 30.2 Å². The Morgan fingerprint density at radius 1 is 1.48 bits per heavy atom. The van der Waals surface area contributed by atoms with Crippen molar-refractivity contribution in [1.29, 1.82) is 0 Å². The molecule has 0 saturated carbocycles. The molecule has 1 aliphatic heterocycles. The normalized spacial score (nSPS) is 16.5. The van der Waals surface area contributed by atoms with Crippen molar-refractivity contribution in [1.82, 2.24) is 14.9 Å². The Kier molecular flexibility index (Phi) is 4.83. The lowest BCUT2D eigenvalue weighted by Gasteiger charge is -2.16. The maximum atomic E-state index is 12.1.